The standard InChI is InChI=1S/C9H12ClNO2/c1-7-3-2-4-9(13)11(7)6-8(12)5-10/h2-4,8,12H,5-6H2,1H3. The van der Waals surface area contributed by atoms with Gasteiger partial charge < -0.3 is 9.67 Å². The van der Waals surface area contributed by atoms with E-state index in [0.29, 0.717) is 0 Å². The molecule has 0 bridgehead atoms. The van der Waals surface area contributed by atoms with Crippen LogP contribution in [0.5, 0.6) is 0 Å². The highest BCUT2D eigenvalue weighted by atomic mass is 35.5. The summed E-state index contributed by atoms with van der Waals surface area (Å²) in [5.74, 6) is 0.140. The van der Waals surface area contributed by atoms with Gasteiger partial charge in [-0.1, -0.05) is 6.07 Å². The Morgan fingerprint density at radius 1 is 1.62 bits per heavy atom. The van der Waals surface area contributed by atoms with Crippen molar-refractivity contribution in [2.75, 3.05) is 5.88 Å². The molecule has 1 rings (SSSR count). The summed E-state index contributed by atoms with van der Waals surface area (Å²) in [6.45, 7) is 2.08. The number of aromatic nitrogens is 1. The number of rotatable bonds is 3. The molecule has 4 heteroatoms. The minimum atomic E-state index is -0.666. The number of nitrogens with zero attached hydrogens (tertiary/aromatic N) is 1. The Labute approximate surface area is 81.6 Å². The van der Waals surface area contributed by atoms with Gasteiger partial charge in [0.15, 0.2) is 0 Å². The Morgan fingerprint density at radius 2 is 2.31 bits per heavy atom. The van der Waals surface area contributed by atoms with Crippen LogP contribution in [0.25, 0.3) is 0 Å². The molecule has 0 saturated heterocycles. The maximum absolute atomic E-state index is 11.3. The zero-order valence-electron chi connectivity index (χ0n) is 7.40. The summed E-state index contributed by atoms with van der Waals surface area (Å²) in [4.78, 5) is 11.3. The first-order chi connectivity index (χ1) is 6.15. The summed E-state index contributed by atoms with van der Waals surface area (Å²) < 4.78 is 1.51. The van der Waals surface area contributed by atoms with Crippen LogP contribution in [0.2, 0.25) is 0 Å². The van der Waals surface area contributed by atoms with Crippen molar-refractivity contribution in [2.45, 2.75) is 19.6 Å². The van der Waals surface area contributed by atoms with Crippen molar-refractivity contribution in [1.82, 2.24) is 4.57 Å². The van der Waals surface area contributed by atoms with Crippen LogP contribution in [0.15, 0.2) is 23.0 Å². The molecule has 3 nitrogen and oxygen atoms in total. The van der Waals surface area contributed by atoms with E-state index in [4.69, 9.17) is 11.6 Å². The highest BCUT2D eigenvalue weighted by Gasteiger charge is 2.05. The Balaban J connectivity index is 2.93. The molecule has 13 heavy (non-hydrogen) atoms. The van der Waals surface area contributed by atoms with Gasteiger partial charge in [0.25, 0.3) is 5.56 Å². The van der Waals surface area contributed by atoms with Crippen LogP contribution in [0.1, 0.15) is 5.69 Å². The summed E-state index contributed by atoms with van der Waals surface area (Å²) in [5, 5.41) is 9.27. The predicted octanol–water partition coefficient (Wildman–Crippen LogP) is 0.756. The van der Waals surface area contributed by atoms with E-state index in [1.54, 1.807) is 6.07 Å². The minimum Gasteiger partial charge on any atom is -0.390 e. The van der Waals surface area contributed by atoms with Gasteiger partial charge in [0.2, 0.25) is 0 Å². The Hall–Kier alpha value is -0.800. The zero-order chi connectivity index (χ0) is 9.84. The van der Waals surface area contributed by atoms with Gasteiger partial charge in [-0.15, -0.1) is 11.6 Å². The lowest BCUT2D eigenvalue weighted by Crippen LogP contribution is -2.28. The second-order valence-corrected chi connectivity index (χ2v) is 3.23. The largest absolute Gasteiger partial charge is 0.390 e. The second kappa shape index (κ2) is 4.44. The van der Waals surface area contributed by atoms with E-state index < -0.39 is 6.10 Å². The molecule has 0 aromatic carbocycles. The third-order valence-corrected chi connectivity index (χ3v) is 2.20. The van der Waals surface area contributed by atoms with Crippen molar-refractivity contribution in [1.29, 1.82) is 0 Å². The molecule has 0 fully saturated rings. The molecule has 0 aliphatic carbocycles. The molecule has 0 spiro atoms. The zero-order valence-corrected chi connectivity index (χ0v) is 8.16. The first-order valence-electron chi connectivity index (χ1n) is 4.05. The van der Waals surface area contributed by atoms with Crippen molar-refractivity contribution in [3.63, 3.8) is 0 Å². The van der Waals surface area contributed by atoms with E-state index >= 15 is 0 Å². The molecular formula is C9H12ClNO2. The summed E-state index contributed by atoms with van der Waals surface area (Å²) in [5.41, 5.74) is 0.723. The molecule has 1 heterocycles. The number of alkyl halides is 1. The molecule has 1 unspecified atom stereocenters. The summed E-state index contributed by atoms with van der Waals surface area (Å²) in [7, 11) is 0. The third-order valence-electron chi connectivity index (χ3n) is 1.84. The van der Waals surface area contributed by atoms with Crippen LogP contribution in [0.3, 0.4) is 0 Å². The quantitative estimate of drug-likeness (QED) is 0.734. The Kier molecular flexibility index (Phi) is 3.51. The number of aryl methyl sites for hydroxylation is 1. The number of hydrogen-bond donors (Lipinski definition) is 1. The van der Waals surface area contributed by atoms with Crippen LogP contribution in [0.4, 0.5) is 0 Å². The highest BCUT2D eigenvalue weighted by Crippen LogP contribution is 1.97. The van der Waals surface area contributed by atoms with E-state index in [2.05, 4.69) is 0 Å². The van der Waals surface area contributed by atoms with Crippen LogP contribution in [-0.4, -0.2) is 21.7 Å². The van der Waals surface area contributed by atoms with Gasteiger partial charge in [-0.05, 0) is 13.0 Å². The average molecular weight is 202 g/mol. The van der Waals surface area contributed by atoms with Crippen LogP contribution < -0.4 is 5.56 Å². The van der Waals surface area contributed by atoms with Gasteiger partial charge in [0.05, 0.1) is 18.5 Å². The lowest BCUT2D eigenvalue weighted by atomic mass is 10.3. The molecule has 1 aromatic rings. The third kappa shape index (κ3) is 2.57. The summed E-state index contributed by atoms with van der Waals surface area (Å²) >= 11 is 5.44. The first kappa shape index (κ1) is 10.3. The molecule has 0 aliphatic heterocycles. The van der Waals surface area contributed by atoms with E-state index in [1.807, 2.05) is 13.0 Å². The van der Waals surface area contributed by atoms with Crippen LogP contribution in [-0.2, 0) is 6.54 Å². The fourth-order valence-corrected chi connectivity index (χ4v) is 1.21. The molecular weight excluding hydrogens is 190 g/mol. The SMILES string of the molecule is Cc1cccc(=O)n1CC(O)CCl. The van der Waals surface area contributed by atoms with Crippen LogP contribution in [0, 0.1) is 6.92 Å². The maximum Gasteiger partial charge on any atom is 0.250 e. The summed E-state index contributed by atoms with van der Waals surface area (Å²) in [6.07, 6.45) is -0.666. The summed E-state index contributed by atoms with van der Waals surface area (Å²) in [6, 6.07) is 4.98. The molecule has 1 N–H and O–H groups in total. The van der Waals surface area contributed by atoms with E-state index in [9.17, 15) is 9.90 Å². The van der Waals surface area contributed by atoms with Crippen molar-refractivity contribution in [3.05, 3.63) is 34.2 Å². The van der Waals surface area contributed by atoms with Gasteiger partial charge in [-0.3, -0.25) is 4.79 Å². The molecule has 72 valence electrons. The van der Waals surface area contributed by atoms with E-state index in [1.165, 1.54) is 10.6 Å². The fraction of sp³-hybridized carbons (Fsp3) is 0.444. The van der Waals surface area contributed by atoms with Gasteiger partial charge >= 0.3 is 0 Å². The number of pyridine rings is 1. The van der Waals surface area contributed by atoms with Crippen molar-refractivity contribution in [2.24, 2.45) is 0 Å². The minimum absolute atomic E-state index is 0.107. The topological polar surface area (TPSA) is 42.2 Å². The average Bonchev–Trinajstić information content (AvgIpc) is 2.11. The monoisotopic (exact) mass is 201 g/mol. The van der Waals surface area contributed by atoms with Gasteiger partial charge in [0.1, 0.15) is 0 Å². The van der Waals surface area contributed by atoms with E-state index in [0.717, 1.165) is 5.69 Å². The Bertz CT molecular complexity index is 335. The highest BCUT2D eigenvalue weighted by molar-refractivity contribution is 6.18. The van der Waals surface area contributed by atoms with Crippen molar-refractivity contribution >= 4 is 11.6 Å². The number of aliphatic hydroxyl groups is 1. The Morgan fingerprint density at radius 3 is 2.85 bits per heavy atom. The van der Waals surface area contributed by atoms with Gasteiger partial charge in [-0.25, -0.2) is 0 Å². The predicted molar refractivity (Wildman–Crippen MR) is 52.2 cm³/mol. The van der Waals surface area contributed by atoms with Crippen LogP contribution >= 0.6 is 11.6 Å². The molecule has 0 saturated carbocycles. The maximum atomic E-state index is 11.3. The molecule has 1 atom stereocenters. The molecule has 0 amide bonds. The number of hydrogen-bond acceptors (Lipinski definition) is 2. The smallest absolute Gasteiger partial charge is 0.250 e. The number of halogens is 1. The first-order valence-corrected chi connectivity index (χ1v) is 4.59. The lowest BCUT2D eigenvalue weighted by molar-refractivity contribution is 0.174. The lowest BCUT2D eigenvalue weighted by Gasteiger charge is -2.11. The van der Waals surface area contributed by atoms with Crippen molar-refractivity contribution in [3.8, 4) is 0 Å². The normalized spacial score (nSPS) is 12.8. The van der Waals surface area contributed by atoms with E-state index in [-0.39, 0.29) is 18.0 Å². The van der Waals surface area contributed by atoms with Crippen molar-refractivity contribution < 1.29 is 5.11 Å². The van der Waals surface area contributed by atoms with Gasteiger partial charge in [-0.2, -0.15) is 0 Å². The second-order valence-electron chi connectivity index (χ2n) is 2.92. The van der Waals surface area contributed by atoms with Gasteiger partial charge in [0, 0.05) is 11.8 Å². The molecule has 0 aliphatic rings. The number of aliphatic hydroxyl groups excluding tert-OH is 1. The molecule has 1 aromatic heterocycles. The fourth-order valence-electron chi connectivity index (χ4n) is 1.12. The molecule has 0 radical (unpaired) electrons.